The fourth-order valence-electron chi connectivity index (χ4n) is 2.90. The number of hydrogen-bond donors (Lipinski definition) is 2. The average Bonchev–Trinajstić information content (AvgIpc) is 3.29. The number of aromatic nitrogens is 3. The maximum absolute atomic E-state index is 12.3. The van der Waals surface area contributed by atoms with E-state index in [1.54, 1.807) is 0 Å². The summed E-state index contributed by atoms with van der Waals surface area (Å²) in [7, 11) is 0. The number of rotatable bonds is 5. The first kappa shape index (κ1) is 13.8. The van der Waals surface area contributed by atoms with E-state index in [0.29, 0.717) is 18.5 Å². The summed E-state index contributed by atoms with van der Waals surface area (Å²) in [6.07, 6.45) is 8.00. The van der Waals surface area contributed by atoms with Crippen molar-refractivity contribution in [3.05, 3.63) is 71.3 Å². The van der Waals surface area contributed by atoms with E-state index < -0.39 is 0 Å². The normalized spacial score (nSPS) is 12.5. The highest BCUT2D eigenvalue weighted by Crippen LogP contribution is 2.21. The van der Waals surface area contributed by atoms with Gasteiger partial charge in [-0.05, 0) is 30.5 Å². The van der Waals surface area contributed by atoms with E-state index >= 15 is 0 Å². The van der Waals surface area contributed by atoms with Crippen molar-refractivity contribution in [2.45, 2.75) is 19.3 Å². The molecule has 4 rings (SSSR count). The third-order valence-corrected chi connectivity index (χ3v) is 4.15. The van der Waals surface area contributed by atoms with Crippen LogP contribution in [0.2, 0.25) is 0 Å². The van der Waals surface area contributed by atoms with Crippen molar-refractivity contribution in [3.63, 3.8) is 0 Å². The van der Waals surface area contributed by atoms with Crippen molar-refractivity contribution in [1.29, 1.82) is 0 Å². The molecule has 2 N–H and O–H groups in total. The molecule has 0 amide bonds. The molecule has 114 valence electrons. The molecule has 0 fully saturated rings. The van der Waals surface area contributed by atoms with Crippen molar-refractivity contribution < 1.29 is 4.79 Å². The Morgan fingerprint density at radius 1 is 1.17 bits per heavy atom. The molecular weight excluding hydrogens is 286 g/mol. The van der Waals surface area contributed by atoms with Gasteiger partial charge in [-0.2, -0.15) is 0 Å². The minimum Gasteiger partial charge on any atom is -0.352 e. The van der Waals surface area contributed by atoms with E-state index in [1.165, 1.54) is 5.56 Å². The molecule has 4 nitrogen and oxygen atoms in total. The molecule has 0 saturated heterocycles. The molecule has 3 aromatic rings. The lowest BCUT2D eigenvalue weighted by Gasteiger charge is -1.98. The number of ketones is 1. The number of carbonyl (C=O) groups excluding carboxylic acids is 1. The Bertz CT molecular complexity index is 871. The number of nitrogens with one attached hydrogen (secondary N) is 2. The summed E-state index contributed by atoms with van der Waals surface area (Å²) in [5.74, 6) is 0.987. The number of aromatic amines is 2. The van der Waals surface area contributed by atoms with Gasteiger partial charge in [-0.15, -0.1) is 0 Å². The lowest BCUT2D eigenvalue weighted by Crippen LogP contribution is -2.02. The van der Waals surface area contributed by atoms with Crippen LogP contribution in [0.15, 0.2) is 48.7 Å². The molecule has 1 aliphatic rings. The maximum Gasteiger partial charge on any atom is 0.179 e. The number of benzene rings is 1. The van der Waals surface area contributed by atoms with Crippen LogP contribution in [0.4, 0.5) is 0 Å². The Labute approximate surface area is 134 Å². The molecule has 23 heavy (non-hydrogen) atoms. The second-order valence-corrected chi connectivity index (χ2v) is 5.77. The van der Waals surface area contributed by atoms with Gasteiger partial charge in [-0.3, -0.25) is 4.79 Å². The van der Waals surface area contributed by atoms with Crippen LogP contribution >= 0.6 is 0 Å². The van der Waals surface area contributed by atoms with E-state index in [9.17, 15) is 4.79 Å². The minimum absolute atomic E-state index is 0.142. The number of H-pyrrole nitrogens is 2. The molecule has 0 radical (unpaired) electrons. The molecule has 2 heterocycles. The van der Waals surface area contributed by atoms with E-state index in [-0.39, 0.29) is 5.78 Å². The number of aryl methyl sites for hydroxylation is 1. The van der Waals surface area contributed by atoms with E-state index in [4.69, 9.17) is 0 Å². The molecular formula is C19H17N3O. The Morgan fingerprint density at radius 2 is 2.04 bits per heavy atom. The second kappa shape index (κ2) is 5.72. The fraction of sp³-hybridized carbons (Fsp3) is 0.158. The van der Waals surface area contributed by atoms with E-state index in [0.717, 1.165) is 29.2 Å². The van der Waals surface area contributed by atoms with Crippen molar-refractivity contribution in [2.24, 2.45) is 0 Å². The molecule has 0 bridgehead atoms. The summed E-state index contributed by atoms with van der Waals surface area (Å²) in [4.78, 5) is 23.2. The van der Waals surface area contributed by atoms with Crippen LogP contribution in [0, 0.1) is 0 Å². The van der Waals surface area contributed by atoms with Gasteiger partial charge in [0.25, 0.3) is 0 Å². The van der Waals surface area contributed by atoms with Gasteiger partial charge in [0.15, 0.2) is 5.78 Å². The summed E-state index contributed by atoms with van der Waals surface area (Å²) in [5, 5.41) is 0. The first-order valence-corrected chi connectivity index (χ1v) is 7.80. The number of Topliss-reactive ketones (excluding diaryl/α,β-unsaturated/α-hetero) is 1. The Morgan fingerprint density at radius 3 is 2.87 bits per heavy atom. The summed E-state index contributed by atoms with van der Waals surface area (Å²) < 4.78 is 0. The van der Waals surface area contributed by atoms with Gasteiger partial charge in [-0.25, -0.2) is 4.98 Å². The number of fused-ring (bicyclic) bond motifs is 1. The van der Waals surface area contributed by atoms with Gasteiger partial charge < -0.3 is 9.97 Å². The van der Waals surface area contributed by atoms with Gasteiger partial charge in [0.1, 0.15) is 5.82 Å². The Hall–Kier alpha value is -2.88. The van der Waals surface area contributed by atoms with Gasteiger partial charge in [0.2, 0.25) is 0 Å². The van der Waals surface area contributed by atoms with E-state index in [1.807, 2.05) is 48.7 Å². The van der Waals surface area contributed by atoms with Crippen LogP contribution < -0.4 is 0 Å². The predicted octanol–water partition coefficient (Wildman–Crippen LogP) is 3.79. The number of carbonyl (C=O) groups is 1. The van der Waals surface area contributed by atoms with Crippen molar-refractivity contribution in [3.8, 4) is 11.4 Å². The molecule has 2 aromatic heterocycles. The molecule has 0 atom stereocenters. The zero-order valence-corrected chi connectivity index (χ0v) is 12.7. The molecule has 0 saturated carbocycles. The van der Waals surface area contributed by atoms with Crippen molar-refractivity contribution in [2.75, 3.05) is 0 Å². The molecule has 0 spiro atoms. The molecule has 1 aliphatic carbocycles. The van der Waals surface area contributed by atoms with Crippen LogP contribution in [0.1, 0.15) is 33.9 Å². The Kier molecular flexibility index (Phi) is 3.42. The third kappa shape index (κ3) is 2.75. The number of imidazole rings is 1. The highest BCUT2D eigenvalue weighted by atomic mass is 16.1. The summed E-state index contributed by atoms with van der Waals surface area (Å²) in [6, 6.07) is 12.0. The van der Waals surface area contributed by atoms with Crippen molar-refractivity contribution in [1.82, 2.24) is 15.0 Å². The lowest BCUT2D eigenvalue weighted by atomic mass is 10.1. The lowest BCUT2D eigenvalue weighted by molar-refractivity contribution is 0.0978. The first-order chi connectivity index (χ1) is 11.3. The second-order valence-electron chi connectivity index (χ2n) is 5.77. The fourth-order valence-corrected chi connectivity index (χ4v) is 2.90. The highest BCUT2D eigenvalue weighted by Gasteiger charge is 2.15. The monoisotopic (exact) mass is 303 g/mol. The summed E-state index contributed by atoms with van der Waals surface area (Å²) in [5.41, 5.74) is 5.03. The molecule has 4 heteroatoms. The average molecular weight is 303 g/mol. The topological polar surface area (TPSA) is 61.5 Å². The van der Waals surface area contributed by atoms with E-state index in [2.05, 4.69) is 21.0 Å². The minimum atomic E-state index is 0.142. The van der Waals surface area contributed by atoms with Gasteiger partial charge in [0, 0.05) is 29.6 Å². The highest BCUT2D eigenvalue weighted by molar-refractivity contribution is 5.95. The Balaban J connectivity index is 1.42. The zero-order valence-electron chi connectivity index (χ0n) is 12.7. The molecule has 1 aromatic carbocycles. The molecule has 0 aliphatic heterocycles. The predicted molar refractivity (Wildman–Crippen MR) is 90.2 cm³/mol. The SMILES string of the molecule is O=C(CCc1cnc(-c2ccccc2)[nH]1)c1cc2c([nH]1)C=CC2. The van der Waals surface area contributed by atoms with Crippen molar-refractivity contribution >= 4 is 11.9 Å². The standard InChI is InChI=1S/C19H17N3O/c23-18(17-11-14-7-4-8-16(14)22-17)10-9-15-12-20-19(21-15)13-5-2-1-3-6-13/h1-6,8,11-12,22H,7,9-10H2,(H,20,21). The first-order valence-electron chi connectivity index (χ1n) is 7.80. The van der Waals surface area contributed by atoms with Gasteiger partial charge >= 0.3 is 0 Å². The van der Waals surface area contributed by atoms with Crippen LogP contribution in [0.5, 0.6) is 0 Å². The number of nitrogens with zero attached hydrogens (tertiary/aromatic N) is 1. The van der Waals surface area contributed by atoms with Crippen LogP contribution in [0.3, 0.4) is 0 Å². The third-order valence-electron chi connectivity index (χ3n) is 4.15. The van der Waals surface area contributed by atoms with Crippen LogP contribution in [0.25, 0.3) is 17.5 Å². The number of allylic oxidation sites excluding steroid dienone is 1. The maximum atomic E-state index is 12.3. The smallest absolute Gasteiger partial charge is 0.179 e. The largest absolute Gasteiger partial charge is 0.352 e. The number of hydrogen-bond acceptors (Lipinski definition) is 2. The quantitative estimate of drug-likeness (QED) is 0.704. The van der Waals surface area contributed by atoms with Crippen LogP contribution in [-0.2, 0) is 12.8 Å². The summed E-state index contributed by atoms with van der Waals surface area (Å²) in [6.45, 7) is 0. The summed E-state index contributed by atoms with van der Waals surface area (Å²) >= 11 is 0. The van der Waals surface area contributed by atoms with Gasteiger partial charge in [-0.1, -0.05) is 36.4 Å². The van der Waals surface area contributed by atoms with Crippen LogP contribution in [-0.4, -0.2) is 20.7 Å². The zero-order chi connectivity index (χ0) is 15.6. The van der Waals surface area contributed by atoms with Gasteiger partial charge in [0.05, 0.1) is 5.69 Å². The molecule has 0 unspecified atom stereocenters.